The van der Waals surface area contributed by atoms with Crippen molar-refractivity contribution in [3.05, 3.63) is 34.9 Å². The Kier molecular flexibility index (Phi) is 2.50. The zero-order valence-electron chi connectivity index (χ0n) is 12.5. The largest absolute Gasteiger partial charge is 0.454 e. The van der Waals surface area contributed by atoms with E-state index in [1.165, 1.54) is 16.7 Å². The van der Waals surface area contributed by atoms with Gasteiger partial charge in [-0.15, -0.1) is 0 Å². The summed E-state index contributed by atoms with van der Waals surface area (Å²) in [4.78, 5) is 2.40. The first kappa shape index (κ1) is 12.9. The molecule has 0 radical (unpaired) electrons. The molecule has 5 rings (SSSR count). The van der Waals surface area contributed by atoms with Gasteiger partial charge in [0.25, 0.3) is 0 Å². The molecule has 0 spiro atoms. The molecule has 3 aliphatic heterocycles. The molecule has 3 unspecified atom stereocenters. The quantitative estimate of drug-likeness (QED) is 0.801. The van der Waals surface area contributed by atoms with Crippen molar-refractivity contribution in [3.8, 4) is 11.5 Å². The van der Waals surface area contributed by atoms with Crippen molar-refractivity contribution in [2.75, 3.05) is 20.4 Å². The second-order valence-electron chi connectivity index (χ2n) is 6.52. The lowest BCUT2D eigenvalue weighted by Gasteiger charge is -2.50. The monoisotopic (exact) mass is 301 g/mol. The van der Waals surface area contributed by atoms with Crippen LogP contribution in [0.25, 0.3) is 0 Å². The van der Waals surface area contributed by atoms with E-state index in [1.807, 2.05) is 6.08 Å². The van der Waals surface area contributed by atoms with Gasteiger partial charge in [0.05, 0.1) is 6.10 Å². The average Bonchev–Trinajstić information content (AvgIpc) is 3.10. The highest BCUT2D eigenvalue weighted by atomic mass is 16.7. The van der Waals surface area contributed by atoms with Crippen molar-refractivity contribution in [3.63, 3.8) is 0 Å². The highest BCUT2D eigenvalue weighted by Gasteiger charge is 2.56. The molecular weight excluding hydrogens is 282 g/mol. The van der Waals surface area contributed by atoms with Crippen LogP contribution < -0.4 is 9.47 Å². The molecular formula is C17H19NO4. The molecule has 3 heterocycles. The molecule has 0 bridgehead atoms. The Hall–Kier alpha value is -1.56. The van der Waals surface area contributed by atoms with E-state index < -0.39 is 6.10 Å². The van der Waals surface area contributed by atoms with Gasteiger partial charge in [0, 0.05) is 26.1 Å². The van der Waals surface area contributed by atoms with E-state index in [2.05, 4.69) is 17.0 Å². The van der Waals surface area contributed by atoms with Crippen LogP contribution in [0.15, 0.2) is 23.8 Å². The van der Waals surface area contributed by atoms with E-state index >= 15 is 0 Å². The first-order chi connectivity index (χ1) is 10.7. The molecule has 22 heavy (non-hydrogen) atoms. The van der Waals surface area contributed by atoms with Crippen LogP contribution in [0.5, 0.6) is 11.5 Å². The number of aliphatic hydroxyl groups excluding tert-OH is 1. The molecule has 3 atom stereocenters. The van der Waals surface area contributed by atoms with Gasteiger partial charge in [-0.1, -0.05) is 6.08 Å². The zero-order chi connectivity index (χ0) is 14.9. The molecule has 1 saturated heterocycles. The Bertz CT molecular complexity index is 685. The fourth-order valence-electron chi connectivity index (χ4n) is 4.76. The third kappa shape index (κ3) is 1.44. The maximum atomic E-state index is 10.3. The van der Waals surface area contributed by atoms with E-state index in [4.69, 9.17) is 14.2 Å². The number of benzene rings is 1. The number of rotatable bonds is 1. The summed E-state index contributed by atoms with van der Waals surface area (Å²) in [6, 6.07) is 4.19. The van der Waals surface area contributed by atoms with Crippen LogP contribution in [0.2, 0.25) is 0 Å². The number of hydrogen-bond acceptors (Lipinski definition) is 5. The van der Waals surface area contributed by atoms with E-state index in [9.17, 15) is 5.11 Å². The molecule has 5 nitrogen and oxygen atoms in total. The molecule has 0 amide bonds. The highest BCUT2D eigenvalue weighted by Crippen LogP contribution is 2.56. The summed E-state index contributed by atoms with van der Waals surface area (Å²) in [5, 5.41) is 10.3. The van der Waals surface area contributed by atoms with Gasteiger partial charge < -0.3 is 19.3 Å². The van der Waals surface area contributed by atoms with Gasteiger partial charge in [0.15, 0.2) is 17.2 Å². The summed E-state index contributed by atoms with van der Waals surface area (Å²) >= 11 is 0. The topological polar surface area (TPSA) is 51.2 Å². The lowest BCUT2D eigenvalue weighted by atomic mass is 9.72. The highest BCUT2D eigenvalue weighted by molar-refractivity contribution is 5.53. The average molecular weight is 301 g/mol. The molecule has 1 N–H and O–H groups in total. The van der Waals surface area contributed by atoms with Crippen LogP contribution in [0, 0.1) is 0 Å². The van der Waals surface area contributed by atoms with Crippen molar-refractivity contribution in [2.24, 2.45) is 0 Å². The maximum absolute atomic E-state index is 10.3. The van der Waals surface area contributed by atoms with Gasteiger partial charge in [-0.3, -0.25) is 4.90 Å². The predicted octanol–water partition coefficient (Wildman–Crippen LogP) is 1.75. The van der Waals surface area contributed by atoms with Crippen LogP contribution in [-0.2, 0) is 11.3 Å². The minimum absolute atomic E-state index is 0.133. The molecule has 0 aromatic heterocycles. The van der Waals surface area contributed by atoms with E-state index in [-0.39, 0.29) is 18.4 Å². The Morgan fingerprint density at radius 3 is 2.95 bits per heavy atom. The second kappa shape index (κ2) is 4.25. The molecule has 5 heteroatoms. The Morgan fingerprint density at radius 1 is 1.32 bits per heavy atom. The standard InChI is InChI=1S/C17H19NO4/c1-20-17-11-2-3-18(17)8-10-4-15-16(22-9-21-15)7-13(10)14(17)6-12(19)5-11/h4-5,7,12,14,19H,2-3,6,8-9H2,1H3. The van der Waals surface area contributed by atoms with Gasteiger partial charge in [0.2, 0.25) is 6.79 Å². The first-order valence-corrected chi connectivity index (χ1v) is 7.84. The van der Waals surface area contributed by atoms with Gasteiger partial charge in [0.1, 0.15) is 0 Å². The summed E-state index contributed by atoms with van der Waals surface area (Å²) in [6.07, 6.45) is 3.24. The minimum Gasteiger partial charge on any atom is -0.454 e. The third-order valence-electron chi connectivity index (χ3n) is 5.61. The van der Waals surface area contributed by atoms with Gasteiger partial charge in [-0.05, 0) is 41.7 Å². The zero-order valence-corrected chi connectivity index (χ0v) is 12.5. The lowest BCUT2D eigenvalue weighted by molar-refractivity contribution is -0.128. The molecule has 1 aliphatic carbocycles. The first-order valence-electron chi connectivity index (χ1n) is 7.84. The van der Waals surface area contributed by atoms with Gasteiger partial charge in [-0.2, -0.15) is 0 Å². The second-order valence-corrected chi connectivity index (χ2v) is 6.52. The molecule has 0 saturated carbocycles. The Labute approximate surface area is 129 Å². The molecule has 1 aromatic carbocycles. The lowest BCUT2D eigenvalue weighted by Crippen LogP contribution is -2.56. The van der Waals surface area contributed by atoms with Crippen LogP contribution in [-0.4, -0.2) is 42.3 Å². The number of fused-ring (bicyclic) bond motifs is 3. The molecule has 4 aliphatic rings. The minimum atomic E-state index is -0.403. The Balaban J connectivity index is 1.72. The van der Waals surface area contributed by atoms with Crippen LogP contribution >= 0.6 is 0 Å². The van der Waals surface area contributed by atoms with Crippen molar-refractivity contribution in [1.29, 1.82) is 0 Å². The van der Waals surface area contributed by atoms with E-state index in [0.717, 1.165) is 31.0 Å². The van der Waals surface area contributed by atoms with E-state index in [0.29, 0.717) is 6.42 Å². The summed E-state index contributed by atoms with van der Waals surface area (Å²) < 4.78 is 17.1. The van der Waals surface area contributed by atoms with Gasteiger partial charge in [-0.25, -0.2) is 0 Å². The van der Waals surface area contributed by atoms with E-state index in [1.54, 1.807) is 7.11 Å². The summed E-state index contributed by atoms with van der Waals surface area (Å²) in [6.45, 7) is 2.11. The van der Waals surface area contributed by atoms with Crippen molar-refractivity contribution >= 4 is 0 Å². The number of hydrogen-bond donors (Lipinski definition) is 1. The fraction of sp³-hybridized carbons (Fsp3) is 0.529. The SMILES string of the molecule is COC12C3=CC(O)CC1c1cc4c(cc1CN2CC3)OCO4. The normalized spacial score (nSPS) is 35.1. The molecule has 1 fully saturated rings. The maximum Gasteiger partial charge on any atom is 0.231 e. The fourth-order valence-corrected chi connectivity index (χ4v) is 4.76. The molecule has 116 valence electrons. The summed E-state index contributed by atoms with van der Waals surface area (Å²) in [7, 11) is 1.79. The number of methoxy groups -OCH3 is 1. The predicted molar refractivity (Wildman–Crippen MR) is 78.8 cm³/mol. The Morgan fingerprint density at radius 2 is 2.14 bits per heavy atom. The number of nitrogens with zero attached hydrogens (tertiary/aromatic N) is 1. The van der Waals surface area contributed by atoms with Gasteiger partial charge >= 0.3 is 0 Å². The van der Waals surface area contributed by atoms with Crippen molar-refractivity contribution in [2.45, 2.75) is 37.1 Å². The summed E-state index contributed by atoms with van der Waals surface area (Å²) in [5.74, 6) is 1.77. The number of aliphatic hydroxyl groups is 1. The smallest absolute Gasteiger partial charge is 0.231 e. The number of ether oxygens (including phenoxy) is 3. The molecule has 1 aromatic rings. The van der Waals surface area contributed by atoms with Crippen LogP contribution in [0.1, 0.15) is 29.9 Å². The van der Waals surface area contributed by atoms with Crippen LogP contribution in [0.4, 0.5) is 0 Å². The summed E-state index contributed by atoms with van der Waals surface area (Å²) in [5.41, 5.74) is 3.33. The van der Waals surface area contributed by atoms with Crippen molar-refractivity contribution in [1.82, 2.24) is 4.90 Å². The van der Waals surface area contributed by atoms with Crippen LogP contribution in [0.3, 0.4) is 0 Å². The van der Waals surface area contributed by atoms with Crippen molar-refractivity contribution < 1.29 is 19.3 Å². The third-order valence-corrected chi connectivity index (χ3v) is 5.61.